The third kappa shape index (κ3) is 3.74. The monoisotopic (exact) mass is 340 g/mol. The Labute approximate surface area is 147 Å². The molecule has 130 valence electrons. The number of nitrogens with one attached hydrogen (secondary N) is 1. The van der Waals surface area contributed by atoms with Gasteiger partial charge < -0.3 is 11.1 Å². The van der Waals surface area contributed by atoms with Crippen molar-refractivity contribution in [2.24, 2.45) is 10.7 Å². The maximum Gasteiger partial charge on any atom is 0.258 e. The van der Waals surface area contributed by atoms with Crippen LogP contribution in [-0.4, -0.2) is 16.7 Å². The van der Waals surface area contributed by atoms with Crippen LogP contribution in [0.5, 0.6) is 0 Å². The largest absolute Gasteiger partial charge is 0.384 e. The Hall–Kier alpha value is -3.02. The van der Waals surface area contributed by atoms with E-state index in [2.05, 4.69) is 15.3 Å². The number of nitrogens with two attached hydrogens (primary N) is 1. The summed E-state index contributed by atoms with van der Waals surface area (Å²) >= 11 is 0. The molecule has 1 aliphatic rings. The summed E-state index contributed by atoms with van der Waals surface area (Å²) in [4.78, 5) is 20.5. The highest BCUT2D eigenvalue weighted by Crippen LogP contribution is 2.50. The lowest BCUT2D eigenvalue weighted by atomic mass is 9.94. The minimum absolute atomic E-state index is 0. The van der Waals surface area contributed by atoms with Gasteiger partial charge in [0.15, 0.2) is 0 Å². The van der Waals surface area contributed by atoms with E-state index in [1.54, 1.807) is 30.6 Å². The van der Waals surface area contributed by atoms with Crippen molar-refractivity contribution in [2.45, 2.75) is 25.2 Å². The maximum absolute atomic E-state index is 14.0. The van der Waals surface area contributed by atoms with E-state index in [4.69, 9.17) is 5.73 Å². The molecule has 0 aliphatic heterocycles. The van der Waals surface area contributed by atoms with Gasteiger partial charge in [0.1, 0.15) is 11.7 Å². The normalized spacial score (nSPS) is 16.0. The van der Waals surface area contributed by atoms with E-state index in [9.17, 15) is 9.18 Å². The predicted molar refractivity (Wildman–Crippen MR) is 97.8 cm³/mol. The maximum atomic E-state index is 14.0. The number of carbonyl (C=O) groups excluding carboxylic acids is 1. The van der Waals surface area contributed by atoms with Gasteiger partial charge in [0.05, 0.1) is 5.41 Å². The summed E-state index contributed by atoms with van der Waals surface area (Å²) in [6, 6.07) is 10.0. The highest BCUT2D eigenvalue weighted by Gasteiger charge is 2.52. The number of pyridine rings is 1. The number of aromatic nitrogens is 1. The molecule has 3 rings (SSSR count). The minimum Gasteiger partial charge on any atom is -0.384 e. The van der Waals surface area contributed by atoms with Gasteiger partial charge in [-0.15, -0.1) is 0 Å². The van der Waals surface area contributed by atoms with Crippen LogP contribution in [0.4, 0.5) is 10.1 Å². The molecular formula is C19H21FN4O. The molecule has 0 radical (unpaired) electrons. The van der Waals surface area contributed by atoms with Crippen LogP contribution < -0.4 is 11.1 Å². The van der Waals surface area contributed by atoms with E-state index in [1.807, 2.05) is 19.1 Å². The molecule has 3 N–H and O–H groups in total. The molecule has 25 heavy (non-hydrogen) atoms. The van der Waals surface area contributed by atoms with Crippen molar-refractivity contribution in [2.75, 3.05) is 5.32 Å². The van der Waals surface area contributed by atoms with Crippen molar-refractivity contribution in [1.29, 1.82) is 0 Å². The quantitative estimate of drug-likeness (QED) is 0.646. The molecule has 1 fully saturated rings. The van der Waals surface area contributed by atoms with Gasteiger partial charge in [-0.2, -0.15) is 4.99 Å². The van der Waals surface area contributed by atoms with Gasteiger partial charge in [-0.05, 0) is 44.0 Å². The van der Waals surface area contributed by atoms with Crippen LogP contribution in [0.3, 0.4) is 0 Å². The minimum atomic E-state index is -0.862. The number of hydrogen-bond donors (Lipinski definition) is 2. The zero-order valence-electron chi connectivity index (χ0n) is 13.9. The zero-order valence-corrected chi connectivity index (χ0v) is 13.9. The Morgan fingerprint density at radius 1 is 1.40 bits per heavy atom. The highest BCUT2D eigenvalue weighted by atomic mass is 19.1. The fourth-order valence-corrected chi connectivity index (χ4v) is 2.69. The van der Waals surface area contributed by atoms with Crippen molar-refractivity contribution in [3.8, 4) is 0 Å². The number of anilines is 1. The van der Waals surface area contributed by atoms with Gasteiger partial charge >= 0.3 is 0 Å². The number of aliphatic imine (C=N–C) groups is 1. The fraction of sp³-hybridized carbons (Fsp3) is 0.211. The van der Waals surface area contributed by atoms with Crippen LogP contribution in [-0.2, 0) is 10.2 Å². The molecule has 1 aromatic carbocycles. The molecule has 1 amide bonds. The number of nitrogens with zero attached hydrogens (tertiary/aromatic N) is 2. The first-order valence-electron chi connectivity index (χ1n) is 8.01. The average Bonchev–Trinajstić information content (AvgIpc) is 3.37. The second-order valence-electron chi connectivity index (χ2n) is 6.07. The Morgan fingerprint density at radius 3 is 2.84 bits per heavy atom. The lowest BCUT2D eigenvalue weighted by Crippen LogP contribution is -2.23. The molecule has 0 atom stereocenters. The molecule has 0 spiro atoms. The van der Waals surface area contributed by atoms with Gasteiger partial charge in [-0.3, -0.25) is 9.78 Å². The number of carbonyl (C=O) groups is 1. The third-order valence-corrected chi connectivity index (χ3v) is 4.18. The Bertz CT molecular complexity index is 862. The van der Waals surface area contributed by atoms with E-state index < -0.39 is 11.3 Å². The number of rotatable bonds is 5. The van der Waals surface area contributed by atoms with Gasteiger partial charge in [-0.25, -0.2) is 4.39 Å². The first-order valence-corrected chi connectivity index (χ1v) is 8.01. The van der Waals surface area contributed by atoms with Crippen molar-refractivity contribution in [1.82, 2.24) is 4.98 Å². The molecule has 0 saturated heterocycles. The van der Waals surface area contributed by atoms with E-state index in [0.717, 1.165) is 11.4 Å². The highest BCUT2D eigenvalue weighted by molar-refractivity contribution is 6.04. The van der Waals surface area contributed by atoms with E-state index in [1.165, 1.54) is 12.1 Å². The lowest BCUT2D eigenvalue weighted by Gasteiger charge is -2.12. The number of hydrogen-bond acceptors (Lipinski definition) is 3. The summed E-state index contributed by atoms with van der Waals surface area (Å²) in [5.41, 5.74) is 7.08. The van der Waals surface area contributed by atoms with Crippen molar-refractivity contribution < 1.29 is 10.6 Å². The molecular weight excluding hydrogens is 319 g/mol. The van der Waals surface area contributed by atoms with Crippen molar-refractivity contribution >= 4 is 17.4 Å². The fourth-order valence-electron chi connectivity index (χ4n) is 2.69. The Kier molecular flexibility index (Phi) is 4.61. The molecule has 1 saturated carbocycles. The average molecular weight is 340 g/mol. The molecule has 2 aromatic rings. The Balaban J connectivity index is 0.00000243. The molecule has 1 aliphatic carbocycles. The number of halogens is 1. The topological polar surface area (TPSA) is 80.4 Å². The summed E-state index contributed by atoms with van der Waals surface area (Å²) < 4.78 is 14.0. The summed E-state index contributed by atoms with van der Waals surface area (Å²) in [5.74, 6) is -0.710. The molecule has 5 nitrogen and oxygen atoms in total. The van der Waals surface area contributed by atoms with Crippen molar-refractivity contribution in [3.63, 3.8) is 0 Å². The summed E-state index contributed by atoms with van der Waals surface area (Å²) in [6.07, 6.45) is 5.97. The molecule has 0 unspecified atom stereocenters. The standard InChI is InChI=1S/C19H19FN4O.H2/c1-13-12-14(6-10-22-13)23-11-7-17(21)24-18(25)19(8-9-19)15-4-2-3-5-16(15)20;/h2-7,10-12H,8-9H2,1H3,(H,22,23)(H2,21,24,25);1H/b11-7-;. The van der Waals surface area contributed by atoms with Crippen LogP contribution in [0.15, 0.2) is 59.9 Å². The lowest BCUT2D eigenvalue weighted by molar-refractivity contribution is -0.120. The second kappa shape index (κ2) is 6.84. The number of amidine groups is 1. The molecule has 1 aromatic heterocycles. The van der Waals surface area contributed by atoms with Crippen LogP contribution in [0.25, 0.3) is 0 Å². The van der Waals surface area contributed by atoms with Gasteiger partial charge in [0.25, 0.3) is 5.91 Å². The predicted octanol–water partition coefficient (Wildman–Crippen LogP) is 3.32. The van der Waals surface area contributed by atoms with Crippen LogP contribution in [0.1, 0.15) is 25.5 Å². The van der Waals surface area contributed by atoms with Crippen LogP contribution in [0, 0.1) is 12.7 Å². The first-order chi connectivity index (χ1) is 12.0. The molecule has 6 heteroatoms. The van der Waals surface area contributed by atoms with Gasteiger partial charge in [0, 0.05) is 30.8 Å². The van der Waals surface area contributed by atoms with Crippen molar-refractivity contribution in [3.05, 3.63) is 71.9 Å². The Morgan fingerprint density at radius 2 is 2.16 bits per heavy atom. The van der Waals surface area contributed by atoms with E-state index in [-0.39, 0.29) is 13.1 Å². The molecule has 1 heterocycles. The summed E-state index contributed by atoms with van der Waals surface area (Å²) in [6.45, 7) is 1.89. The number of amides is 1. The van der Waals surface area contributed by atoms with Crippen LogP contribution >= 0.6 is 0 Å². The SMILES string of the molecule is Cc1cc(N/C=C\C(N)=NC(=O)C2(c3ccccc3F)CC2)ccn1.[HH]. The zero-order chi connectivity index (χ0) is 17.9. The van der Waals surface area contributed by atoms with E-state index >= 15 is 0 Å². The third-order valence-electron chi connectivity index (χ3n) is 4.18. The number of benzene rings is 1. The number of aryl methyl sites for hydroxylation is 1. The van der Waals surface area contributed by atoms with Crippen LogP contribution in [0.2, 0.25) is 0 Å². The second-order valence-corrected chi connectivity index (χ2v) is 6.07. The first kappa shape index (κ1) is 16.8. The summed E-state index contributed by atoms with van der Waals surface area (Å²) in [7, 11) is 0. The van der Waals surface area contributed by atoms with Gasteiger partial charge in [-0.1, -0.05) is 18.2 Å². The molecule has 0 bridgehead atoms. The smallest absolute Gasteiger partial charge is 0.258 e. The van der Waals surface area contributed by atoms with Gasteiger partial charge in [0.2, 0.25) is 0 Å². The van der Waals surface area contributed by atoms with E-state index in [0.29, 0.717) is 18.4 Å². The summed E-state index contributed by atoms with van der Waals surface area (Å²) in [5, 5.41) is 3.03.